The quantitative estimate of drug-likeness (QED) is 0.167. The molecule has 0 aromatic heterocycles. The van der Waals surface area contributed by atoms with Crippen LogP contribution in [0, 0.1) is 154 Å². The second kappa shape index (κ2) is 32.5. The first kappa shape index (κ1) is 101. The Kier molecular flexibility index (Phi) is 25.6. The van der Waals surface area contributed by atoms with Gasteiger partial charge in [0.25, 0.3) is 0 Å². The molecule has 0 bridgehead atoms. The molecular weight excluding hydrogens is 1660 g/mol. The normalized spacial score (nSPS) is 44.0. The van der Waals surface area contributed by atoms with Crippen molar-refractivity contribution in [2.24, 2.45) is 159 Å². The van der Waals surface area contributed by atoms with Crippen LogP contribution in [0.5, 0.6) is 0 Å². The molecule has 0 spiro atoms. The van der Waals surface area contributed by atoms with Crippen molar-refractivity contribution in [3.05, 3.63) is 90.1 Å². The average Bonchev–Trinajstić information content (AvgIpc) is 1.18. The van der Waals surface area contributed by atoms with E-state index in [4.69, 9.17) is 15.2 Å². The minimum atomic E-state index is -6.81. The van der Waals surface area contributed by atoms with Crippen LogP contribution in [-0.2, 0) is 34.3 Å². The van der Waals surface area contributed by atoms with E-state index < -0.39 is 51.7 Å². The van der Waals surface area contributed by atoms with Crippen molar-refractivity contribution in [3.8, 4) is 0 Å². The number of hydrogen-bond donors (Lipinski definition) is 3. The van der Waals surface area contributed by atoms with Crippen molar-refractivity contribution in [1.29, 1.82) is 0 Å². The van der Waals surface area contributed by atoms with Crippen LogP contribution >= 0.6 is 0 Å². The Labute approximate surface area is 768 Å². The highest BCUT2D eigenvalue weighted by molar-refractivity contribution is 8.11. The second-order valence-electron chi connectivity index (χ2n) is 51.1. The summed E-state index contributed by atoms with van der Waals surface area (Å²) in [6.07, 6.45) is 38.8. The lowest BCUT2D eigenvalue weighted by molar-refractivity contribution is -0.228. The first-order chi connectivity index (χ1) is 58.4. The third kappa shape index (κ3) is 15.5. The predicted molar refractivity (Wildman–Crippen MR) is 503 cm³/mol. The van der Waals surface area contributed by atoms with E-state index in [-0.39, 0.29) is 55.9 Å². The van der Waals surface area contributed by atoms with Crippen molar-refractivity contribution >= 4 is 43.7 Å². The van der Waals surface area contributed by atoms with E-state index >= 15 is 0 Å². The van der Waals surface area contributed by atoms with Gasteiger partial charge in [0.1, 0.15) is 17.0 Å². The number of carbonyl (C=O) groups is 3. The molecule has 1 aromatic carbocycles. The van der Waals surface area contributed by atoms with Gasteiger partial charge in [-0.05, 0) is 410 Å². The second-order valence-corrected chi connectivity index (χ2v) is 54.8. The summed E-state index contributed by atoms with van der Waals surface area (Å²) < 4.78 is 129. The summed E-state index contributed by atoms with van der Waals surface area (Å²) in [5.74, 6) is 9.91. The summed E-state index contributed by atoms with van der Waals surface area (Å²) >= 11 is 0. The Morgan fingerprint density at radius 1 is 0.414 bits per heavy atom. The number of benzene rings is 1. The van der Waals surface area contributed by atoms with Crippen molar-refractivity contribution in [2.45, 2.75) is 399 Å². The molecular formula is C107H166F6N4O9S2. The monoisotopic (exact) mass is 1830 g/mol. The predicted octanol–water partition coefficient (Wildman–Crippen LogP) is 28.1. The van der Waals surface area contributed by atoms with Gasteiger partial charge in [0.05, 0.1) is 5.69 Å². The molecule has 16 rings (SSSR count). The van der Waals surface area contributed by atoms with Crippen LogP contribution in [0.15, 0.2) is 90.1 Å². The number of alkyl carbamates (subject to hydrolysis) is 2. The van der Waals surface area contributed by atoms with Crippen LogP contribution in [0.25, 0.3) is 0 Å². The summed E-state index contributed by atoms with van der Waals surface area (Å²) in [5, 5.41) is 7.03. The smallest absolute Gasteiger partial charge is 0.444 e. The Morgan fingerprint density at radius 2 is 0.742 bits per heavy atom. The van der Waals surface area contributed by atoms with Crippen LogP contribution in [0.2, 0.25) is 0 Å². The highest BCUT2D eigenvalue weighted by Crippen LogP contribution is 2.81. The Bertz CT molecular complexity index is 4740. The van der Waals surface area contributed by atoms with Gasteiger partial charge in [-0.25, -0.2) is 9.59 Å². The van der Waals surface area contributed by atoms with Crippen LogP contribution < -0.4 is 20.1 Å². The van der Waals surface area contributed by atoms with Crippen molar-refractivity contribution in [2.75, 3.05) is 3.71 Å². The Balaban J connectivity index is 0.000000149. The summed E-state index contributed by atoms with van der Waals surface area (Å²) in [6.45, 7) is 75.2. The SMILES string of the molecule is C=C(C)[C@@H]1CC[C@]2(N)CC[C@]3(C)[C@H](CC[C@@H]4[C@@]5(C)CC=C(C)C(C)(C)[C@@H]5CC[C@]43C)[C@@H]12.C=C(C)[C@@H]1CC[C@]2(NC(=O)OC(C)(C)C)CC[C@]3(C)[C@H](CC[C@@H]4[C@@]5(C)CC=C(C)C(C)(C)[C@@H]5CC[C@]43C)[C@@H]12.C=C(C)[C@@H]1CC[C@]2(NC(=O)OC(C)(C)C)CC[C@]3(C)[C@H](CC[C@@H]4[C@@]5(C)CCC(=O)C(C)(C)[C@@H]5CC[C@]43C)[C@@H]12.O=S(=O)(N(c1ccccc1)S(=O)(=O)C(F)(F)F)C(F)(F)F. The fourth-order valence-corrected chi connectivity index (χ4v) is 38.1. The molecule has 13 saturated carbocycles. The standard InChI is InChI=1S/C35H57NO2.C34H55NO3.C30H49N.C8H5F6NO4S2/c1-22(2)24-15-19-35(36-29(37)38-30(4,5)6)21-20-33(10)25(28(24)35)12-13-27-32(9)17-14-23(3)31(7,8)26(32)16-18-34(27,33)11;1-21(2)22-13-18-34(35-28(37)38-29(3,4)5)20-19-32(9)23(27(22)34)11-12-25-31(8)16-15-26(36)30(6,7)24(31)14-17-33(25,32)10;1-19(2)21-12-16-30(31)18-17-28(7)22(25(21)30)9-10-24-27(6)14-11-20(3)26(4,5)23(27)13-15-29(24,28)8;9-7(10,11)20(16,17)15(6-4-2-1-3-5-6)21(18,19)8(12,13)14/h14,24-28H,1,12-13,15-21H2,2-11H3,(H,36,37);22-25,27H,1,11-20H2,2-10H3,(H,35,37);11,21-25H,1,9-10,12-18,31H2,2-8H3;1-5H/t24-,25+,26-,27+,28+,32-,33+,34+,35-;22-,23+,24-,25+,27+,31-,32+,33+,34-;21-,22+,23-,24+,25+,27-,28+,29+,30-;/m000./s1. The maximum atomic E-state index is 13.2. The summed E-state index contributed by atoms with van der Waals surface area (Å²) in [4.78, 5) is 39.4. The van der Waals surface area contributed by atoms with E-state index in [9.17, 15) is 57.6 Å². The number of rotatable bonds is 8. The number of allylic oxidation sites excluding steroid dienone is 7. The number of ether oxygens (including phenoxy) is 2. The maximum Gasteiger partial charge on any atom is 0.517 e. The topological polar surface area (TPSA) is 191 Å². The molecule has 2 amide bonds. The number of amides is 2. The van der Waals surface area contributed by atoms with Gasteiger partial charge in [-0.1, -0.05) is 182 Å². The number of nitrogens with one attached hydrogen (secondary N) is 2. The number of halogens is 6. The third-order valence-electron chi connectivity index (χ3n) is 42.5. The van der Waals surface area contributed by atoms with Gasteiger partial charge in [-0.2, -0.15) is 43.2 Å². The van der Waals surface area contributed by atoms with E-state index in [2.05, 4.69) is 181 Å². The number of para-hydroxylation sites is 1. The minimum absolute atomic E-state index is 0.0742. The molecule has 0 unspecified atom stereocenters. The zero-order valence-electron chi connectivity index (χ0n) is 83.4. The van der Waals surface area contributed by atoms with Crippen molar-refractivity contribution < 1.29 is 67.0 Å². The molecule has 0 saturated heterocycles. The molecule has 0 aliphatic heterocycles. The highest BCUT2D eigenvalue weighted by Gasteiger charge is 2.76. The molecule has 4 N–H and O–H groups in total. The maximum absolute atomic E-state index is 13.2. The first-order valence-electron chi connectivity index (χ1n) is 49.5. The molecule has 128 heavy (non-hydrogen) atoms. The van der Waals surface area contributed by atoms with E-state index in [1.54, 1.807) is 11.1 Å². The molecule has 27 atom stereocenters. The lowest BCUT2D eigenvalue weighted by atomic mass is 9.32. The van der Waals surface area contributed by atoms with E-state index in [1.807, 2.05) is 41.5 Å². The highest BCUT2D eigenvalue weighted by atomic mass is 32.3. The average molecular weight is 1830 g/mol. The number of nitrogens with two attached hydrogens (primary N) is 1. The fourth-order valence-electron chi connectivity index (χ4n) is 35.4. The van der Waals surface area contributed by atoms with Crippen LogP contribution in [-0.4, -0.2) is 73.6 Å². The number of anilines is 1. The van der Waals surface area contributed by atoms with Crippen molar-refractivity contribution in [3.63, 3.8) is 0 Å². The van der Waals surface area contributed by atoms with E-state index in [0.717, 1.165) is 106 Å². The van der Waals surface area contributed by atoms with Gasteiger partial charge in [0.2, 0.25) is 0 Å². The van der Waals surface area contributed by atoms with Gasteiger partial charge in [-0.3, -0.25) is 4.79 Å². The number of ketones is 1. The van der Waals surface area contributed by atoms with Gasteiger partial charge < -0.3 is 25.8 Å². The third-order valence-corrected chi connectivity index (χ3v) is 46.1. The fraction of sp³-hybridized carbons (Fsp3) is 0.822. The van der Waals surface area contributed by atoms with Crippen LogP contribution in [0.4, 0.5) is 41.6 Å². The van der Waals surface area contributed by atoms with Crippen molar-refractivity contribution in [1.82, 2.24) is 10.6 Å². The number of carbonyl (C=O) groups excluding carboxylic acids is 3. The molecule has 21 heteroatoms. The molecule has 1 aromatic rings. The van der Waals surface area contributed by atoms with Gasteiger partial charge in [0.15, 0.2) is 0 Å². The van der Waals surface area contributed by atoms with Gasteiger partial charge in [-0.15, -0.1) is 3.71 Å². The first-order valence-corrected chi connectivity index (χ1v) is 52.4. The van der Waals surface area contributed by atoms with E-state index in [1.165, 1.54) is 139 Å². The summed E-state index contributed by atoms with van der Waals surface area (Å²) in [7, 11) is -13.6. The van der Waals surface area contributed by atoms with Gasteiger partial charge >= 0.3 is 43.2 Å². The molecule has 0 heterocycles. The summed E-state index contributed by atoms with van der Waals surface area (Å²) in [6, 6.07) is 3.85. The number of fused-ring (bicyclic) bond motifs is 21. The van der Waals surface area contributed by atoms with Gasteiger partial charge in [0, 0.05) is 28.5 Å². The largest absolute Gasteiger partial charge is 0.517 e. The van der Waals surface area contributed by atoms with Crippen LogP contribution in [0.1, 0.15) is 360 Å². The Hall–Kier alpha value is -4.63. The zero-order valence-corrected chi connectivity index (χ0v) is 85.0. The lowest BCUT2D eigenvalue weighted by Gasteiger charge is -2.72. The molecule has 13 nitrogen and oxygen atoms in total. The van der Waals surface area contributed by atoms with E-state index in [0.29, 0.717) is 115 Å². The number of Topliss-reactive ketones (excluding diaryl/α,β-unsaturated/α-hetero) is 1. The lowest BCUT2D eigenvalue weighted by Crippen LogP contribution is -2.69. The van der Waals surface area contributed by atoms with Crippen LogP contribution in [0.3, 0.4) is 0 Å². The number of alkyl halides is 6. The molecule has 15 aliphatic rings. The molecule has 13 fully saturated rings. The Morgan fingerprint density at radius 3 is 1.09 bits per heavy atom. The number of nitrogens with zero attached hydrogens (tertiary/aromatic N) is 1. The number of hydrogen-bond acceptors (Lipinski definition) is 10. The molecule has 722 valence electrons. The molecule has 0 radical (unpaired) electrons. The zero-order chi connectivity index (χ0) is 95.5. The minimum Gasteiger partial charge on any atom is -0.444 e. The molecule has 15 aliphatic carbocycles. The summed E-state index contributed by atoms with van der Waals surface area (Å²) in [5.41, 5.74) is 2.83. The number of sulfonamides is 2.